The van der Waals surface area contributed by atoms with Gasteiger partial charge in [-0.05, 0) is 56.9 Å². The van der Waals surface area contributed by atoms with Crippen LogP contribution in [0.5, 0.6) is 0 Å². The molecule has 0 radical (unpaired) electrons. The standard InChI is InChI=1S/C15H23N3O/c1-11-10-13(6-7-14(11)16)17-12(2)15(19)18-8-4-3-5-9-18/h6-7,10,12,17H,3-5,8-9,16H2,1-2H3. The summed E-state index contributed by atoms with van der Waals surface area (Å²) in [5.74, 6) is 0.189. The summed E-state index contributed by atoms with van der Waals surface area (Å²) in [4.78, 5) is 14.3. The number of hydrogen-bond donors (Lipinski definition) is 2. The van der Waals surface area contributed by atoms with Crippen LogP contribution in [0, 0.1) is 6.92 Å². The zero-order valence-corrected chi connectivity index (χ0v) is 11.8. The number of nitrogen functional groups attached to an aromatic ring is 1. The Balaban J connectivity index is 1.97. The van der Waals surface area contributed by atoms with Gasteiger partial charge in [0.25, 0.3) is 0 Å². The Labute approximate surface area is 115 Å². The number of anilines is 2. The maximum absolute atomic E-state index is 12.3. The third-order valence-corrected chi connectivity index (χ3v) is 3.69. The van der Waals surface area contributed by atoms with Crippen LogP contribution in [-0.4, -0.2) is 29.9 Å². The van der Waals surface area contributed by atoms with Crippen molar-refractivity contribution in [3.63, 3.8) is 0 Å². The van der Waals surface area contributed by atoms with Crippen molar-refractivity contribution in [2.24, 2.45) is 0 Å². The molecule has 4 nitrogen and oxygen atoms in total. The molecule has 3 N–H and O–H groups in total. The molecule has 0 aromatic heterocycles. The molecule has 104 valence electrons. The second kappa shape index (κ2) is 5.95. The Kier molecular flexibility index (Phi) is 4.30. The first-order valence-corrected chi connectivity index (χ1v) is 6.99. The molecule has 0 bridgehead atoms. The van der Waals surface area contributed by atoms with Crippen LogP contribution in [-0.2, 0) is 4.79 Å². The minimum atomic E-state index is -0.193. The summed E-state index contributed by atoms with van der Waals surface area (Å²) in [5, 5.41) is 3.26. The van der Waals surface area contributed by atoms with Gasteiger partial charge in [0.2, 0.25) is 5.91 Å². The molecular weight excluding hydrogens is 238 g/mol. The summed E-state index contributed by atoms with van der Waals surface area (Å²) >= 11 is 0. The SMILES string of the molecule is Cc1cc(NC(C)C(=O)N2CCCCC2)ccc1N. The van der Waals surface area contributed by atoms with Gasteiger partial charge in [-0.15, -0.1) is 0 Å². The highest BCUT2D eigenvalue weighted by Gasteiger charge is 2.21. The number of benzene rings is 1. The predicted molar refractivity (Wildman–Crippen MR) is 79.1 cm³/mol. The Morgan fingerprint density at radius 1 is 1.32 bits per heavy atom. The number of piperidine rings is 1. The molecule has 1 aliphatic rings. The Hall–Kier alpha value is -1.71. The van der Waals surface area contributed by atoms with Crippen molar-refractivity contribution in [3.05, 3.63) is 23.8 Å². The summed E-state index contributed by atoms with van der Waals surface area (Å²) in [6.45, 7) is 5.68. The number of nitrogens with two attached hydrogens (primary N) is 1. The van der Waals surface area contributed by atoms with E-state index in [4.69, 9.17) is 5.73 Å². The number of amides is 1. The maximum Gasteiger partial charge on any atom is 0.244 e. The first-order chi connectivity index (χ1) is 9.08. The quantitative estimate of drug-likeness (QED) is 0.821. The van der Waals surface area contributed by atoms with Crippen LogP contribution < -0.4 is 11.1 Å². The normalized spacial score (nSPS) is 17.1. The molecule has 4 heteroatoms. The van der Waals surface area contributed by atoms with Crippen molar-refractivity contribution in [3.8, 4) is 0 Å². The van der Waals surface area contributed by atoms with Crippen LogP contribution in [0.1, 0.15) is 31.7 Å². The number of hydrogen-bond acceptors (Lipinski definition) is 3. The van der Waals surface area contributed by atoms with Crippen molar-refractivity contribution in [2.75, 3.05) is 24.1 Å². The topological polar surface area (TPSA) is 58.4 Å². The lowest BCUT2D eigenvalue weighted by atomic mass is 10.1. The summed E-state index contributed by atoms with van der Waals surface area (Å²) in [7, 11) is 0. The Morgan fingerprint density at radius 2 is 2.00 bits per heavy atom. The largest absolute Gasteiger partial charge is 0.399 e. The Morgan fingerprint density at radius 3 is 2.63 bits per heavy atom. The van der Waals surface area contributed by atoms with Crippen LogP contribution in [0.3, 0.4) is 0 Å². The molecule has 1 fully saturated rings. The average Bonchev–Trinajstić information content (AvgIpc) is 2.43. The number of rotatable bonds is 3. The summed E-state index contributed by atoms with van der Waals surface area (Å²) in [5.41, 5.74) is 8.55. The number of nitrogens with one attached hydrogen (secondary N) is 1. The number of carbonyl (C=O) groups excluding carboxylic acids is 1. The molecule has 1 atom stereocenters. The molecule has 1 unspecified atom stereocenters. The molecule has 0 aliphatic carbocycles. The van der Waals surface area contributed by atoms with Gasteiger partial charge in [0.05, 0.1) is 0 Å². The van der Waals surface area contributed by atoms with Gasteiger partial charge in [-0.3, -0.25) is 4.79 Å². The second-order valence-electron chi connectivity index (χ2n) is 5.32. The molecular formula is C15H23N3O. The van der Waals surface area contributed by atoms with E-state index in [-0.39, 0.29) is 11.9 Å². The highest BCUT2D eigenvalue weighted by molar-refractivity contribution is 5.84. The first kappa shape index (κ1) is 13.7. The van der Waals surface area contributed by atoms with Gasteiger partial charge in [-0.1, -0.05) is 0 Å². The van der Waals surface area contributed by atoms with E-state index in [1.807, 2.05) is 36.9 Å². The summed E-state index contributed by atoms with van der Waals surface area (Å²) < 4.78 is 0. The van der Waals surface area contributed by atoms with Gasteiger partial charge < -0.3 is 16.0 Å². The highest BCUT2D eigenvalue weighted by atomic mass is 16.2. The number of likely N-dealkylation sites (tertiary alicyclic amines) is 1. The van der Waals surface area contributed by atoms with E-state index >= 15 is 0 Å². The van der Waals surface area contributed by atoms with Gasteiger partial charge in [0.15, 0.2) is 0 Å². The molecule has 0 saturated carbocycles. The van der Waals surface area contributed by atoms with E-state index in [9.17, 15) is 4.79 Å². The monoisotopic (exact) mass is 261 g/mol. The van der Waals surface area contributed by atoms with Gasteiger partial charge in [-0.2, -0.15) is 0 Å². The van der Waals surface area contributed by atoms with Crippen LogP contribution in [0.2, 0.25) is 0 Å². The van der Waals surface area contributed by atoms with Gasteiger partial charge in [0.1, 0.15) is 6.04 Å². The molecule has 1 aromatic carbocycles. The third-order valence-electron chi connectivity index (χ3n) is 3.69. The minimum absolute atomic E-state index is 0.189. The van der Waals surface area contributed by atoms with E-state index < -0.39 is 0 Å². The van der Waals surface area contributed by atoms with E-state index in [0.29, 0.717) is 0 Å². The fourth-order valence-corrected chi connectivity index (χ4v) is 2.47. The van der Waals surface area contributed by atoms with E-state index in [1.165, 1.54) is 6.42 Å². The van der Waals surface area contributed by atoms with E-state index in [1.54, 1.807) is 0 Å². The number of carbonyl (C=O) groups is 1. The summed E-state index contributed by atoms with van der Waals surface area (Å²) in [6.07, 6.45) is 3.49. The highest BCUT2D eigenvalue weighted by Crippen LogP contribution is 2.18. The maximum atomic E-state index is 12.3. The van der Waals surface area contributed by atoms with Gasteiger partial charge in [-0.25, -0.2) is 0 Å². The number of nitrogens with zero attached hydrogens (tertiary/aromatic N) is 1. The van der Waals surface area contributed by atoms with Crippen molar-refractivity contribution in [1.29, 1.82) is 0 Å². The molecule has 1 aromatic rings. The smallest absolute Gasteiger partial charge is 0.244 e. The van der Waals surface area contributed by atoms with E-state index in [0.717, 1.165) is 42.9 Å². The lowest BCUT2D eigenvalue weighted by Gasteiger charge is -2.29. The molecule has 0 spiro atoms. The molecule has 19 heavy (non-hydrogen) atoms. The average molecular weight is 261 g/mol. The minimum Gasteiger partial charge on any atom is -0.399 e. The lowest BCUT2D eigenvalue weighted by molar-refractivity contribution is -0.132. The van der Waals surface area contributed by atoms with Crippen molar-refractivity contribution >= 4 is 17.3 Å². The molecule has 1 heterocycles. The van der Waals surface area contributed by atoms with Crippen LogP contribution in [0.15, 0.2) is 18.2 Å². The Bertz CT molecular complexity index is 453. The van der Waals surface area contributed by atoms with Crippen molar-refractivity contribution < 1.29 is 4.79 Å². The molecule has 1 saturated heterocycles. The van der Waals surface area contributed by atoms with Crippen LogP contribution in [0.25, 0.3) is 0 Å². The fraction of sp³-hybridized carbons (Fsp3) is 0.533. The van der Waals surface area contributed by atoms with Crippen LogP contribution >= 0.6 is 0 Å². The molecule has 2 rings (SSSR count). The summed E-state index contributed by atoms with van der Waals surface area (Å²) in [6, 6.07) is 5.58. The first-order valence-electron chi connectivity index (χ1n) is 6.99. The van der Waals surface area contributed by atoms with Crippen LogP contribution in [0.4, 0.5) is 11.4 Å². The predicted octanol–water partition coefficient (Wildman–Crippen LogP) is 2.39. The lowest BCUT2D eigenvalue weighted by Crippen LogP contribution is -2.43. The fourth-order valence-electron chi connectivity index (χ4n) is 2.47. The number of aryl methyl sites for hydroxylation is 1. The second-order valence-corrected chi connectivity index (χ2v) is 5.32. The zero-order chi connectivity index (χ0) is 13.8. The van der Waals surface area contributed by atoms with Gasteiger partial charge in [0, 0.05) is 24.5 Å². The van der Waals surface area contributed by atoms with Crippen molar-refractivity contribution in [1.82, 2.24) is 4.90 Å². The zero-order valence-electron chi connectivity index (χ0n) is 11.8. The third kappa shape index (κ3) is 3.40. The van der Waals surface area contributed by atoms with E-state index in [2.05, 4.69) is 5.32 Å². The van der Waals surface area contributed by atoms with Gasteiger partial charge >= 0.3 is 0 Å². The molecule has 1 amide bonds. The van der Waals surface area contributed by atoms with Crippen molar-refractivity contribution in [2.45, 2.75) is 39.2 Å². The molecule has 1 aliphatic heterocycles.